The Labute approximate surface area is 178 Å². The molecule has 0 aliphatic carbocycles. The lowest BCUT2D eigenvalue weighted by molar-refractivity contribution is -0.148. The maximum atomic E-state index is 12.7. The first-order valence-electron chi connectivity index (χ1n) is 10.5. The van der Waals surface area contributed by atoms with Gasteiger partial charge in [0.2, 0.25) is 0 Å². The molecule has 0 aliphatic rings. The normalized spacial score (nSPS) is 12.6. The van der Waals surface area contributed by atoms with E-state index in [4.69, 9.17) is 4.74 Å². The Morgan fingerprint density at radius 2 is 1.83 bits per heavy atom. The van der Waals surface area contributed by atoms with Crippen LogP contribution in [0.5, 0.6) is 0 Å². The number of benzene rings is 1. The average molecular weight is 416 g/mol. The molecule has 0 fully saturated rings. The van der Waals surface area contributed by atoms with Gasteiger partial charge in [-0.3, -0.25) is 4.79 Å². The van der Waals surface area contributed by atoms with Crippen LogP contribution in [0.3, 0.4) is 0 Å². The molecule has 0 saturated carbocycles. The first-order chi connectivity index (χ1) is 14.1. The molecule has 164 valence electrons. The van der Waals surface area contributed by atoms with Crippen molar-refractivity contribution in [3.05, 3.63) is 41.2 Å². The fourth-order valence-electron chi connectivity index (χ4n) is 2.88. The maximum Gasteiger partial charge on any atom is 0.329 e. The van der Waals surface area contributed by atoms with E-state index < -0.39 is 12.0 Å². The molecule has 0 saturated heterocycles. The minimum atomic E-state index is -0.764. The van der Waals surface area contributed by atoms with Crippen LogP contribution in [0, 0.1) is 5.92 Å². The summed E-state index contributed by atoms with van der Waals surface area (Å²) in [5, 5.41) is 14.3. The number of hydrogen-bond donors (Lipinski definition) is 1. The van der Waals surface area contributed by atoms with Crippen molar-refractivity contribution in [2.24, 2.45) is 5.92 Å². The smallest absolute Gasteiger partial charge is 0.329 e. The fourth-order valence-corrected chi connectivity index (χ4v) is 2.88. The molecule has 1 aromatic carbocycles. The average Bonchev–Trinajstić information content (AvgIpc) is 3.15. The van der Waals surface area contributed by atoms with Crippen molar-refractivity contribution < 1.29 is 14.3 Å². The molecule has 2 rings (SSSR count). The number of esters is 1. The summed E-state index contributed by atoms with van der Waals surface area (Å²) in [5.74, 6) is -0.455. The van der Waals surface area contributed by atoms with Gasteiger partial charge in [0.25, 0.3) is 5.91 Å². The van der Waals surface area contributed by atoms with E-state index in [1.165, 1.54) is 0 Å². The number of nitrogens with zero attached hydrogens (tertiary/aromatic N) is 4. The molecule has 8 heteroatoms. The van der Waals surface area contributed by atoms with Crippen molar-refractivity contribution in [1.82, 2.24) is 25.5 Å². The molecule has 0 aliphatic heterocycles. The van der Waals surface area contributed by atoms with Crippen LogP contribution in [0.4, 0.5) is 0 Å². The molecule has 2 aromatic rings. The molecule has 1 aromatic heterocycles. The van der Waals surface area contributed by atoms with Gasteiger partial charge in [0.15, 0.2) is 12.4 Å². The fraction of sp³-hybridized carbons (Fsp3) is 0.591. The number of nitrogens with one attached hydrogen (secondary N) is 1. The minimum Gasteiger partial charge on any atom is -0.456 e. The highest BCUT2D eigenvalue weighted by molar-refractivity contribution is 5.96. The Hall–Kier alpha value is -2.77. The Morgan fingerprint density at radius 3 is 2.40 bits per heavy atom. The number of tetrazole rings is 1. The van der Waals surface area contributed by atoms with Gasteiger partial charge < -0.3 is 10.1 Å². The number of aromatic nitrogens is 4. The van der Waals surface area contributed by atoms with Gasteiger partial charge >= 0.3 is 5.97 Å². The summed E-state index contributed by atoms with van der Waals surface area (Å²) >= 11 is 0. The summed E-state index contributed by atoms with van der Waals surface area (Å²) in [5.41, 5.74) is 1.65. The molecule has 0 bridgehead atoms. The molecule has 8 nitrogen and oxygen atoms in total. The van der Waals surface area contributed by atoms with Gasteiger partial charge in [0, 0.05) is 12.1 Å². The largest absolute Gasteiger partial charge is 0.456 e. The lowest BCUT2D eigenvalue weighted by Crippen LogP contribution is -2.45. The molecule has 1 atom stereocenters. The zero-order chi connectivity index (χ0) is 22.3. The van der Waals surface area contributed by atoms with Crippen molar-refractivity contribution >= 4 is 11.9 Å². The van der Waals surface area contributed by atoms with Gasteiger partial charge in [-0.05, 0) is 45.9 Å². The number of aryl methyl sites for hydroxylation is 1. The second kappa shape index (κ2) is 10.3. The number of unbranched alkanes of at least 4 members (excludes halogenated alkanes) is 1. The predicted octanol–water partition coefficient (Wildman–Crippen LogP) is 3.27. The monoisotopic (exact) mass is 415 g/mol. The lowest BCUT2D eigenvalue weighted by atomic mass is 9.86. The molecule has 0 radical (unpaired) electrons. The van der Waals surface area contributed by atoms with E-state index in [0.717, 1.165) is 18.4 Å². The van der Waals surface area contributed by atoms with Crippen LogP contribution in [0.1, 0.15) is 76.1 Å². The quantitative estimate of drug-likeness (QED) is 0.631. The zero-order valence-electron chi connectivity index (χ0n) is 18.8. The first-order valence-corrected chi connectivity index (χ1v) is 10.5. The van der Waals surface area contributed by atoms with Gasteiger partial charge in [-0.15, -0.1) is 5.10 Å². The van der Waals surface area contributed by atoms with E-state index in [1.807, 2.05) is 26.0 Å². The van der Waals surface area contributed by atoms with E-state index in [2.05, 4.69) is 48.5 Å². The molecule has 0 spiro atoms. The summed E-state index contributed by atoms with van der Waals surface area (Å²) in [6, 6.07) is 6.67. The zero-order valence-corrected chi connectivity index (χ0v) is 18.8. The SMILES string of the molecule is CCCCn1nnnc1COC(=O)[C@@H](NC(=O)c1ccc(C(C)(C)C)cc1)C(C)C. The lowest BCUT2D eigenvalue weighted by Gasteiger charge is -2.22. The van der Waals surface area contributed by atoms with E-state index in [1.54, 1.807) is 16.8 Å². The van der Waals surface area contributed by atoms with Crippen LogP contribution in [-0.4, -0.2) is 38.1 Å². The van der Waals surface area contributed by atoms with E-state index >= 15 is 0 Å². The maximum absolute atomic E-state index is 12.7. The summed E-state index contributed by atoms with van der Waals surface area (Å²) < 4.78 is 7.05. The van der Waals surface area contributed by atoms with Crippen molar-refractivity contribution in [2.45, 2.75) is 79.0 Å². The van der Waals surface area contributed by atoms with Gasteiger partial charge in [-0.1, -0.05) is 60.1 Å². The van der Waals surface area contributed by atoms with E-state index in [0.29, 0.717) is 17.9 Å². The Bertz CT molecular complexity index is 837. The molecular formula is C22H33N5O3. The summed E-state index contributed by atoms with van der Waals surface area (Å²) in [6.07, 6.45) is 1.95. The molecular weight excluding hydrogens is 382 g/mol. The Kier molecular flexibility index (Phi) is 8.08. The first kappa shape index (κ1) is 23.5. The Balaban J connectivity index is 2.00. The number of rotatable bonds is 9. The number of amides is 1. The molecule has 1 amide bonds. The topological polar surface area (TPSA) is 99.0 Å². The molecule has 1 heterocycles. The van der Waals surface area contributed by atoms with E-state index in [9.17, 15) is 9.59 Å². The van der Waals surface area contributed by atoms with Crippen LogP contribution >= 0.6 is 0 Å². The van der Waals surface area contributed by atoms with Gasteiger partial charge in [0.05, 0.1) is 0 Å². The Morgan fingerprint density at radius 1 is 1.17 bits per heavy atom. The van der Waals surface area contributed by atoms with Gasteiger partial charge in [0.1, 0.15) is 6.04 Å². The number of carbonyl (C=O) groups excluding carboxylic acids is 2. The second-order valence-electron chi connectivity index (χ2n) is 8.80. The van der Waals surface area contributed by atoms with Crippen molar-refractivity contribution in [2.75, 3.05) is 0 Å². The molecule has 1 N–H and O–H groups in total. The van der Waals surface area contributed by atoms with Crippen LogP contribution in [-0.2, 0) is 28.1 Å². The highest BCUT2D eigenvalue weighted by atomic mass is 16.5. The summed E-state index contributed by atoms with van der Waals surface area (Å²) in [7, 11) is 0. The standard InChI is InChI=1S/C22H33N5O3/c1-7-8-13-27-18(24-25-26-27)14-30-21(29)19(15(2)3)23-20(28)16-9-11-17(12-10-16)22(4,5)6/h9-12,15,19H,7-8,13-14H2,1-6H3,(H,23,28)/t19-/m0/s1. The van der Waals surface area contributed by atoms with Crippen LogP contribution in [0.25, 0.3) is 0 Å². The van der Waals surface area contributed by atoms with Gasteiger partial charge in [-0.2, -0.15) is 0 Å². The molecule has 0 unspecified atom stereocenters. The number of ether oxygens (including phenoxy) is 1. The van der Waals surface area contributed by atoms with E-state index in [-0.39, 0.29) is 23.8 Å². The number of carbonyl (C=O) groups is 2. The van der Waals surface area contributed by atoms with Crippen LogP contribution in [0.2, 0.25) is 0 Å². The third-order valence-electron chi connectivity index (χ3n) is 4.89. The summed E-state index contributed by atoms with van der Waals surface area (Å²) in [4.78, 5) is 25.3. The highest BCUT2D eigenvalue weighted by Crippen LogP contribution is 2.22. The third kappa shape index (κ3) is 6.37. The van der Waals surface area contributed by atoms with Crippen LogP contribution < -0.4 is 5.32 Å². The number of hydrogen-bond acceptors (Lipinski definition) is 6. The molecule has 30 heavy (non-hydrogen) atoms. The van der Waals surface area contributed by atoms with Crippen molar-refractivity contribution in [1.29, 1.82) is 0 Å². The minimum absolute atomic E-state index is 0.00578. The summed E-state index contributed by atoms with van der Waals surface area (Å²) in [6.45, 7) is 12.8. The van der Waals surface area contributed by atoms with Crippen molar-refractivity contribution in [3.63, 3.8) is 0 Å². The van der Waals surface area contributed by atoms with Crippen molar-refractivity contribution in [3.8, 4) is 0 Å². The predicted molar refractivity (Wildman–Crippen MR) is 114 cm³/mol. The van der Waals surface area contributed by atoms with Gasteiger partial charge in [-0.25, -0.2) is 9.48 Å². The highest BCUT2D eigenvalue weighted by Gasteiger charge is 2.27. The third-order valence-corrected chi connectivity index (χ3v) is 4.89. The second-order valence-corrected chi connectivity index (χ2v) is 8.80. The van der Waals surface area contributed by atoms with Crippen LogP contribution in [0.15, 0.2) is 24.3 Å².